The molecule has 0 aliphatic carbocycles. The van der Waals surface area contributed by atoms with Crippen molar-refractivity contribution >= 4 is 29.4 Å². The molecule has 0 saturated carbocycles. The zero-order valence-corrected chi connectivity index (χ0v) is 14.1. The summed E-state index contributed by atoms with van der Waals surface area (Å²) in [6.45, 7) is 5.61. The molecule has 0 bridgehead atoms. The van der Waals surface area contributed by atoms with E-state index < -0.39 is 10.5 Å². The third-order valence-corrected chi connectivity index (χ3v) is 4.87. The predicted octanol–water partition coefficient (Wildman–Crippen LogP) is 2.72. The number of rotatable bonds is 6. The molecular weight excluding hydrogens is 318 g/mol. The lowest BCUT2D eigenvalue weighted by Gasteiger charge is -2.17. The molecule has 8 heteroatoms. The van der Waals surface area contributed by atoms with E-state index in [0.29, 0.717) is 12.3 Å². The van der Waals surface area contributed by atoms with Crippen LogP contribution >= 0.6 is 11.8 Å². The molecule has 1 aromatic carbocycles. The van der Waals surface area contributed by atoms with Crippen molar-refractivity contribution in [2.45, 2.75) is 31.6 Å². The largest absolute Gasteiger partial charge is 0.325 e. The van der Waals surface area contributed by atoms with Crippen molar-refractivity contribution in [2.75, 3.05) is 12.3 Å². The Morgan fingerprint density at radius 2 is 2.09 bits per heavy atom. The number of nitro benzene ring substituents is 1. The van der Waals surface area contributed by atoms with Crippen LogP contribution in [-0.2, 0) is 4.79 Å². The van der Waals surface area contributed by atoms with Crippen LogP contribution in [0.25, 0.3) is 0 Å². The highest BCUT2D eigenvalue weighted by Gasteiger charge is 2.43. The van der Waals surface area contributed by atoms with Crippen molar-refractivity contribution in [3.63, 3.8) is 0 Å². The van der Waals surface area contributed by atoms with Gasteiger partial charge < -0.3 is 5.32 Å². The van der Waals surface area contributed by atoms with Crippen molar-refractivity contribution in [2.24, 2.45) is 0 Å². The second kappa shape index (κ2) is 6.57. The summed E-state index contributed by atoms with van der Waals surface area (Å²) in [5, 5.41) is 13.5. The van der Waals surface area contributed by atoms with E-state index in [2.05, 4.69) is 5.32 Å². The number of amides is 3. The lowest BCUT2D eigenvalue weighted by atomic mass is 10.1. The molecule has 0 unspecified atom stereocenters. The van der Waals surface area contributed by atoms with E-state index in [1.54, 1.807) is 37.7 Å². The minimum atomic E-state index is -0.854. The summed E-state index contributed by atoms with van der Waals surface area (Å²) in [6.07, 6.45) is 0. The number of carbonyl (C=O) groups is 2. The number of imide groups is 1. The molecule has 3 amide bonds. The van der Waals surface area contributed by atoms with Crippen LogP contribution in [0.15, 0.2) is 24.3 Å². The van der Waals surface area contributed by atoms with Gasteiger partial charge in [0.1, 0.15) is 5.54 Å². The first-order valence-electron chi connectivity index (χ1n) is 7.22. The predicted molar refractivity (Wildman–Crippen MR) is 88.3 cm³/mol. The number of hydrogen-bond donors (Lipinski definition) is 1. The highest BCUT2D eigenvalue weighted by atomic mass is 32.2. The molecule has 1 N–H and O–H groups in total. The van der Waals surface area contributed by atoms with E-state index >= 15 is 0 Å². The summed E-state index contributed by atoms with van der Waals surface area (Å²) in [5.74, 6) is 0.338. The summed E-state index contributed by atoms with van der Waals surface area (Å²) in [4.78, 5) is 35.4. The highest BCUT2D eigenvalue weighted by molar-refractivity contribution is 7.99. The van der Waals surface area contributed by atoms with Gasteiger partial charge in [-0.15, -0.1) is 0 Å². The standard InChI is InChI=1S/C15H19N3O4S/c1-10(11-5-4-6-12(9-11)18(21)22)23-8-7-17-13(19)15(2,3)16-14(17)20/h4-6,9-10H,7-8H2,1-3H3,(H,16,20)/t10-/m1/s1. The van der Waals surface area contributed by atoms with Gasteiger partial charge in [0.2, 0.25) is 0 Å². The molecule has 1 saturated heterocycles. The molecule has 124 valence electrons. The maximum atomic E-state index is 12.1. The summed E-state index contributed by atoms with van der Waals surface area (Å²) >= 11 is 1.54. The molecule has 1 fully saturated rings. The molecular formula is C15H19N3O4S. The minimum Gasteiger partial charge on any atom is -0.324 e. The quantitative estimate of drug-likeness (QED) is 0.489. The van der Waals surface area contributed by atoms with Crippen LogP contribution in [-0.4, -0.2) is 39.6 Å². The van der Waals surface area contributed by atoms with Gasteiger partial charge in [0, 0.05) is 29.7 Å². The van der Waals surface area contributed by atoms with Crippen LogP contribution < -0.4 is 5.32 Å². The first-order valence-corrected chi connectivity index (χ1v) is 8.27. The molecule has 1 aromatic rings. The van der Waals surface area contributed by atoms with Crippen molar-refractivity contribution < 1.29 is 14.5 Å². The van der Waals surface area contributed by atoms with Crippen molar-refractivity contribution in [1.29, 1.82) is 0 Å². The first kappa shape index (κ1) is 17.3. The fraction of sp³-hybridized carbons (Fsp3) is 0.467. The Labute approximate surface area is 138 Å². The van der Waals surface area contributed by atoms with Gasteiger partial charge in [-0.1, -0.05) is 12.1 Å². The van der Waals surface area contributed by atoms with Crippen molar-refractivity contribution in [3.05, 3.63) is 39.9 Å². The summed E-state index contributed by atoms with van der Waals surface area (Å²) in [5.41, 5.74) is 0.0560. The zero-order chi connectivity index (χ0) is 17.2. The van der Waals surface area contributed by atoms with E-state index in [1.165, 1.54) is 11.0 Å². The Morgan fingerprint density at radius 1 is 1.39 bits per heavy atom. The zero-order valence-electron chi connectivity index (χ0n) is 13.2. The highest BCUT2D eigenvalue weighted by Crippen LogP contribution is 2.30. The molecule has 2 rings (SSSR count). The van der Waals surface area contributed by atoms with Crippen molar-refractivity contribution in [1.82, 2.24) is 10.2 Å². The lowest BCUT2D eigenvalue weighted by molar-refractivity contribution is -0.384. The Balaban J connectivity index is 1.91. The summed E-state index contributed by atoms with van der Waals surface area (Å²) < 4.78 is 0. The van der Waals surface area contributed by atoms with Gasteiger partial charge in [0.15, 0.2) is 0 Å². The maximum absolute atomic E-state index is 12.1. The normalized spacial score (nSPS) is 18.0. The molecule has 23 heavy (non-hydrogen) atoms. The average molecular weight is 337 g/mol. The van der Waals surface area contributed by atoms with Gasteiger partial charge in [0.05, 0.1) is 4.92 Å². The number of nitrogens with one attached hydrogen (secondary N) is 1. The Kier molecular flexibility index (Phi) is 4.93. The third kappa shape index (κ3) is 3.82. The average Bonchev–Trinajstić information content (AvgIpc) is 2.68. The molecule has 1 aliphatic heterocycles. The number of nitrogens with zero attached hydrogens (tertiary/aromatic N) is 2. The Hall–Kier alpha value is -2.09. The van der Waals surface area contributed by atoms with Crippen LogP contribution in [0, 0.1) is 10.1 Å². The number of urea groups is 1. The van der Waals surface area contributed by atoms with Crippen molar-refractivity contribution in [3.8, 4) is 0 Å². The van der Waals surface area contributed by atoms with Crippen LogP contribution in [0.4, 0.5) is 10.5 Å². The van der Waals surface area contributed by atoms with Gasteiger partial charge in [-0.05, 0) is 26.3 Å². The number of carbonyl (C=O) groups excluding carboxylic acids is 2. The molecule has 1 heterocycles. The number of nitro groups is 1. The second-order valence-electron chi connectivity index (χ2n) is 5.88. The lowest BCUT2D eigenvalue weighted by Crippen LogP contribution is -2.40. The first-order chi connectivity index (χ1) is 10.7. The van der Waals surface area contributed by atoms with Gasteiger partial charge in [0.25, 0.3) is 11.6 Å². The van der Waals surface area contributed by atoms with Gasteiger partial charge in [-0.2, -0.15) is 11.8 Å². The Morgan fingerprint density at radius 3 is 2.65 bits per heavy atom. The number of benzene rings is 1. The Bertz CT molecular complexity index is 647. The molecule has 0 aromatic heterocycles. The smallest absolute Gasteiger partial charge is 0.324 e. The number of non-ortho nitro benzene ring substituents is 1. The van der Waals surface area contributed by atoms with Crippen LogP contribution in [0.3, 0.4) is 0 Å². The van der Waals surface area contributed by atoms with E-state index in [1.807, 2.05) is 13.0 Å². The van der Waals surface area contributed by atoms with Gasteiger partial charge in [-0.3, -0.25) is 19.8 Å². The summed E-state index contributed by atoms with van der Waals surface area (Å²) in [6, 6.07) is 6.13. The van der Waals surface area contributed by atoms with E-state index in [9.17, 15) is 19.7 Å². The molecule has 1 atom stereocenters. The second-order valence-corrected chi connectivity index (χ2v) is 7.33. The summed E-state index contributed by atoms with van der Waals surface area (Å²) in [7, 11) is 0. The van der Waals surface area contributed by atoms with E-state index in [4.69, 9.17) is 0 Å². The fourth-order valence-electron chi connectivity index (χ4n) is 2.33. The number of hydrogen-bond acceptors (Lipinski definition) is 5. The van der Waals surface area contributed by atoms with Gasteiger partial charge >= 0.3 is 6.03 Å². The maximum Gasteiger partial charge on any atom is 0.325 e. The fourth-order valence-corrected chi connectivity index (χ4v) is 3.31. The molecule has 0 radical (unpaired) electrons. The minimum absolute atomic E-state index is 0.0312. The molecule has 1 aliphatic rings. The van der Waals surface area contributed by atoms with Gasteiger partial charge in [-0.25, -0.2) is 4.79 Å². The SMILES string of the molecule is C[C@@H](SCCN1C(=O)NC(C)(C)C1=O)c1cccc([N+](=O)[O-])c1. The monoisotopic (exact) mass is 337 g/mol. The van der Waals surface area contributed by atoms with E-state index in [0.717, 1.165) is 5.56 Å². The van der Waals surface area contributed by atoms with Crippen LogP contribution in [0.5, 0.6) is 0 Å². The van der Waals surface area contributed by atoms with Crippen LogP contribution in [0.1, 0.15) is 31.6 Å². The third-order valence-electron chi connectivity index (χ3n) is 3.68. The molecule has 0 spiro atoms. The van der Waals surface area contributed by atoms with E-state index in [-0.39, 0.29) is 22.9 Å². The molecule has 7 nitrogen and oxygen atoms in total. The van der Waals surface area contributed by atoms with Crippen LogP contribution in [0.2, 0.25) is 0 Å². The number of thioether (sulfide) groups is 1. The topological polar surface area (TPSA) is 92.6 Å².